The topological polar surface area (TPSA) is 61.6 Å². The summed E-state index contributed by atoms with van der Waals surface area (Å²) >= 11 is 0.126. The van der Waals surface area contributed by atoms with Crippen molar-refractivity contribution in [3.05, 3.63) is 45.6 Å². The van der Waals surface area contributed by atoms with Crippen LogP contribution in [0.2, 0.25) is 0 Å². The maximum absolute atomic E-state index is 14.4. The second-order valence-corrected chi connectivity index (χ2v) is 6.41. The number of hydrogen-bond donors (Lipinski definition) is 0. The Labute approximate surface area is 158 Å². The van der Waals surface area contributed by atoms with Crippen molar-refractivity contribution in [2.45, 2.75) is 26.1 Å². The molecule has 2 heterocycles. The molecule has 1 aromatic carbocycles. The number of carbonyl (C=O) groups is 1. The van der Waals surface area contributed by atoms with Crippen molar-refractivity contribution in [2.75, 3.05) is 6.61 Å². The first-order valence-electron chi connectivity index (χ1n) is 7.83. The number of carbonyl (C=O) groups excluding carboxylic acids is 1. The lowest BCUT2D eigenvalue weighted by atomic mass is 10.1. The number of esters is 1. The third kappa shape index (κ3) is 3.66. The highest BCUT2D eigenvalue weighted by Crippen LogP contribution is 2.42. The second kappa shape index (κ2) is 7.04. The van der Waals surface area contributed by atoms with E-state index in [2.05, 4.69) is 9.72 Å². The van der Waals surface area contributed by atoms with E-state index >= 15 is 0 Å². The minimum Gasteiger partial charge on any atom is -0.462 e. The monoisotopic (exact) mass is 421 g/mol. The van der Waals surface area contributed by atoms with E-state index in [0.717, 1.165) is 12.1 Å². The molecule has 2 aromatic heterocycles. The molecule has 3 rings (SSSR count). The first kappa shape index (κ1) is 20.1. The number of nitrogens with zero attached hydrogens (tertiary/aromatic N) is 1. The molecule has 5 nitrogen and oxygen atoms in total. The van der Waals surface area contributed by atoms with Gasteiger partial charge in [0, 0.05) is 5.39 Å². The fourth-order valence-electron chi connectivity index (χ4n) is 2.57. The lowest BCUT2D eigenvalue weighted by Gasteiger charge is -2.18. The van der Waals surface area contributed by atoms with Gasteiger partial charge in [-0.05, 0) is 32.0 Å². The van der Waals surface area contributed by atoms with Crippen LogP contribution in [0, 0.1) is 6.92 Å². The van der Waals surface area contributed by atoms with E-state index < -0.39 is 34.6 Å². The zero-order chi connectivity index (χ0) is 20.7. The van der Waals surface area contributed by atoms with Gasteiger partial charge in [0.05, 0.1) is 12.1 Å². The molecule has 0 radical (unpaired) electrons. The summed E-state index contributed by atoms with van der Waals surface area (Å²) in [6.07, 6.45) is -9.34. The van der Waals surface area contributed by atoms with Gasteiger partial charge < -0.3 is 13.9 Å². The molecule has 150 valence electrons. The number of alkyl halides is 5. The number of fused-ring (bicyclic) bond motifs is 1. The SMILES string of the molecule is CCOC(=O)c1c(C)oc2ccc(OC(F)(F)c3scnc3C(F)(F)F)cc12. The van der Waals surface area contributed by atoms with Crippen molar-refractivity contribution in [1.82, 2.24) is 4.98 Å². The van der Waals surface area contributed by atoms with Crippen LogP contribution in [-0.4, -0.2) is 17.6 Å². The van der Waals surface area contributed by atoms with Crippen LogP contribution < -0.4 is 4.74 Å². The molecule has 3 aromatic rings. The molecule has 0 N–H and O–H groups in total. The summed E-state index contributed by atoms with van der Waals surface area (Å²) in [6.45, 7) is 3.18. The third-order valence-electron chi connectivity index (χ3n) is 3.66. The molecule has 0 fully saturated rings. The number of furan rings is 1. The summed E-state index contributed by atoms with van der Waals surface area (Å²) < 4.78 is 82.2. The van der Waals surface area contributed by atoms with E-state index in [0.29, 0.717) is 5.51 Å². The van der Waals surface area contributed by atoms with Crippen LogP contribution in [0.4, 0.5) is 22.0 Å². The van der Waals surface area contributed by atoms with Crippen molar-refractivity contribution < 1.29 is 40.6 Å². The maximum Gasteiger partial charge on any atom is 0.438 e. The first-order valence-corrected chi connectivity index (χ1v) is 8.70. The van der Waals surface area contributed by atoms with E-state index in [4.69, 9.17) is 9.15 Å². The summed E-state index contributed by atoms with van der Waals surface area (Å²) in [6, 6.07) is 3.45. The Morgan fingerprint density at radius 2 is 1.96 bits per heavy atom. The summed E-state index contributed by atoms with van der Waals surface area (Å²) in [5, 5.41) is 0.143. The van der Waals surface area contributed by atoms with Gasteiger partial charge in [-0.25, -0.2) is 9.78 Å². The van der Waals surface area contributed by atoms with Crippen LogP contribution >= 0.6 is 11.3 Å². The zero-order valence-corrected chi connectivity index (χ0v) is 15.2. The summed E-state index contributed by atoms with van der Waals surface area (Å²) in [5.74, 6) is -0.964. The lowest BCUT2D eigenvalue weighted by molar-refractivity contribution is -0.192. The number of aromatic nitrogens is 1. The normalized spacial score (nSPS) is 12.4. The third-order valence-corrected chi connectivity index (χ3v) is 4.54. The minimum atomic E-state index is -5.05. The van der Waals surface area contributed by atoms with Gasteiger partial charge in [-0.15, -0.1) is 11.3 Å². The smallest absolute Gasteiger partial charge is 0.438 e. The number of halogens is 5. The summed E-state index contributed by atoms with van der Waals surface area (Å²) in [7, 11) is 0. The first-order chi connectivity index (χ1) is 13.0. The van der Waals surface area contributed by atoms with E-state index in [-0.39, 0.29) is 40.2 Å². The summed E-state index contributed by atoms with van der Waals surface area (Å²) in [4.78, 5) is 13.7. The van der Waals surface area contributed by atoms with Gasteiger partial charge in [-0.1, -0.05) is 0 Å². The Bertz CT molecular complexity index is 1020. The van der Waals surface area contributed by atoms with Gasteiger partial charge >= 0.3 is 18.3 Å². The predicted octanol–water partition coefficient (Wildman–Crippen LogP) is 5.52. The van der Waals surface area contributed by atoms with Gasteiger partial charge in [0.25, 0.3) is 0 Å². The quantitative estimate of drug-likeness (QED) is 0.401. The standard InChI is InChI=1S/C17H12F5NO4S/c1-3-25-15(24)12-8(2)26-11-5-4-9(6-10(11)12)27-17(21,22)14-13(16(18,19)20)23-7-28-14/h4-7H,3H2,1-2H3. The Morgan fingerprint density at radius 1 is 1.25 bits per heavy atom. The molecule has 28 heavy (non-hydrogen) atoms. The van der Waals surface area contributed by atoms with Crippen LogP contribution in [-0.2, 0) is 17.0 Å². The number of benzene rings is 1. The number of thiazole rings is 1. The van der Waals surface area contributed by atoms with Crippen molar-refractivity contribution in [3.63, 3.8) is 0 Å². The molecular formula is C17H12F5NO4S. The molecule has 0 saturated heterocycles. The van der Waals surface area contributed by atoms with E-state index in [1.165, 1.54) is 13.0 Å². The number of ether oxygens (including phenoxy) is 2. The van der Waals surface area contributed by atoms with Crippen molar-refractivity contribution >= 4 is 28.3 Å². The van der Waals surface area contributed by atoms with Gasteiger partial charge in [-0.3, -0.25) is 0 Å². The van der Waals surface area contributed by atoms with E-state index in [1.807, 2.05) is 0 Å². The molecule has 0 aliphatic rings. The fourth-order valence-corrected chi connectivity index (χ4v) is 3.29. The Kier molecular flexibility index (Phi) is 5.04. The number of aryl methyl sites for hydroxylation is 1. The highest BCUT2D eigenvalue weighted by Gasteiger charge is 2.47. The molecule has 0 spiro atoms. The second-order valence-electron chi connectivity index (χ2n) is 5.56. The highest BCUT2D eigenvalue weighted by molar-refractivity contribution is 7.09. The van der Waals surface area contributed by atoms with Gasteiger partial charge in [0.1, 0.15) is 27.5 Å². The van der Waals surface area contributed by atoms with Gasteiger partial charge in [0.15, 0.2) is 5.69 Å². The molecule has 0 amide bonds. The fraction of sp³-hybridized carbons (Fsp3) is 0.294. The van der Waals surface area contributed by atoms with Crippen LogP contribution in [0.15, 0.2) is 28.1 Å². The van der Waals surface area contributed by atoms with Gasteiger partial charge in [0.2, 0.25) is 0 Å². The average Bonchev–Trinajstić information content (AvgIpc) is 3.18. The molecule has 0 saturated carbocycles. The average molecular weight is 421 g/mol. The molecule has 0 aliphatic heterocycles. The van der Waals surface area contributed by atoms with Crippen LogP contribution in [0.1, 0.15) is 33.6 Å². The number of hydrogen-bond acceptors (Lipinski definition) is 6. The predicted molar refractivity (Wildman–Crippen MR) is 88.5 cm³/mol. The molecule has 0 bridgehead atoms. The van der Waals surface area contributed by atoms with E-state index in [9.17, 15) is 26.7 Å². The largest absolute Gasteiger partial charge is 0.462 e. The molecule has 0 atom stereocenters. The maximum atomic E-state index is 14.4. The van der Waals surface area contributed by atoms with E-state index in [1.54, 1.807) is 6.92 Å². The van der Waals surface area contributed by atoms with Crippen LogP contribution in [0.5, 0.6) is 5.75 Å². The lowest BCUT2D eigenvalue weighted by Crippen LogP contribution is -2.24. The van der Waals surface area contributed by atoms with Crippen molar-refractivity contribution in [3.8, 4) is 5.75 Å². The zero-order valence-electron chi connectivity index (χ0n) is 14.4. The minimum absolute atomic E-state index is 0.0272. The Morgan fingerprint density at radius 3 is 2.61 bits per heavy atom. The summed E-state index contributed by atoms with van der Waals surface area (Å²) in [5.41, 5.74) is -0.809. The molecular weight excluding hydrogens is 409 g/mol. The van der Waals surface area contributed by atoms with Crippen LogP contribution in [0.3, 0.4) is 0 Å². The molecule has 0 unspecified atom stereocenters. The van der Waals surface area contributed by atoms with Gasteiger partial charge in [-0.2, -0.15) is 22.0 Å². The van der Waals surface area contributed by atoms with Crippen molar-refractivity contribution in [1.29, 1.82) is 0 Å². The van der Waals surface area contributed by atoms with Crippen LogP contribution in [0.25, 0.3) is 11.0 Å². The molecule has 11 heteroatoms. The van der Waals surface area contributed by atoms with Crippen molar-refractivity contribution in [2.24, 2.45) is 0 Å². The Balaban J connectivity index is 2.00. The Hall–Kier alpha value is -2.69. The molecule has 0 aliphatic carbocycles. The highest BCUT2D eigenvalue weighted by atomic mass is 32.1. The number of rotatable bonds is 5.